The van der Waals surface area contributed by atoms with Gasteiger partial charge in [0.25, 0.3) is 5.69 Å². The average molecular weight is 257 g/mol. The Balaban J connectivity index is 2.99. The summed E-state index contributed by atoms with van der Waals surface area (Å²) in [5.41, 5.74) is -0.584. The fraction of sp³-hybridized carbons (Fsp3) is 0.500. The zero-order valence-corrected chi connectivity index (χ0v) is 9.81. The molecule has 0 aromatic carbocycles. The van der Waals surface area contributed by atoms with E-state index in [-0.39, 0.29) is 12.0 Å². The molecule has 1 aromatic heterocycles. The van der Waals surface area contributed by atoms with Crippen molar-refractivity contribution in [3.8, 4) is 0 Å². The van der Waals surface area contributed by atoms with Gasteiger partial charge < -0.3 is 20.7 Å². The second-order valence-electron chi connectivity index (χ2n) is 3.81. The van der Waals surface area contributed by atoms with Gasteiger partial charge in [-0.05, 0) is 20.0 Å². The number of hydrogen-bond donors (Lipinski definition) is 3. The van der Waals surface area contributed by atoms with Crippen molar-refractivity contribution in [3.05, 3.63) is 39.3 Å². The van der Waals surface area contributed by atoms with E-state index in [1.807, 2.05) is 0 Å². The van der Waals surface area contributed by atoms with Crippen molar-refractivity contribution in [1.82, 2.24) is 5.32 Å². The average Bonchev–Trinajstić information content (AvgIpc) is 2.34. The standard InChI is InChI=1S/C10H15N3O5/c1-11-4-2-9(14)10(15)7-6-12(16)5-3-8(7)13(17)18/h3,5-6,9-11,14-15H,2,4H2,1H3. The number of aromatic nitrogens is 1. The minimum Gasteiger partial charge on any atom is -0.619 e. The molecule has 0 bridgehead atoms. The van der Waals surface area contributed by atoms with Crippen LogP contribution in [0.15, 0.2) is 18.5 Å². The largest absolute Gasteiger partial charge is 0.619 e. The van der Waals surface area contributed by atoms with Gasteiger partial charge in [0.15, 0.2) is 12.4 Å². The molecule has 0 spiro atoms. The van der Waals surface area contributed by atoms with Crippen LogP contribution < -0.4 is 10.0 Å². The summed E-state index contributed by atoms with van der Waals surface area (Å²) in [5, 5.41) is 44.2. The van der Waals surface area contributed by atoms with Crippen molar-refractivity contribution >= 4 is 5.69 Å². The number of nitrogens with one attached hydrogen (secondary N) is 1. The zero-order chi connectivity index (χ0) is 13.7. The highest BCUT2D eigenvalue weighted by Crippen LogP contribution is 2.26. The van der Waals surface area contributed by atoms with Crippen molar-refractivity contribution in [1.29, 1.82) is 0 Å². The fourth-order valence-corrected chi connectivity index (χ4v) is 1.54. The molecule has 2 unspecified atom stereocenters. The van der Waals surface area contributed by atoms with Gasteiger partial charge in [-0.2, -0.15) is 4.73 Å². The maximum Gasteiger partial charge on any atom is 0.287 e. The molecule has 100 valence electrons. The molecule has 0 aliphatic rings. The predicted octanol–water partition coefficient (Wildman–Crippen LogP) is -0.768. The first-order valence-corrected chi connectivity index (χ1v) is 5.35. The van der Waals surface area contributed by atoms with Crippen molar-refractivity contribution in [2.24, 2.45) is 0 Å². The summed E-state index contributed by atoms with van der Waals surface area (Å²) in [6.07, 6.45) is -0.582. The molecule has 0 aliphatic carbocycles. The lowest BCUT2D eigenvalue weighted by molar-refractivity contribution is -0.606. The first kappa shape index (κ1) is 14.3. The minimum atomic E-state index is -1.47. The van der Waals surface area contributed by atoms with E-state index in [0.29, 0.717) is 11.3 Å². The molecule has 8 heteroatoms. The summed E-state index contributed by atoms with van der Waals surface area (Å²) in [4.78, 5) is 10.1. The van der Waals surface area contributed by atoms with E-state index in [4.69, 9.17) is 0 Å². The maximum atomic E-state index is 11.1. The summed E-state index contributed by atoms with van der Waals surface area (Å²) in [6.45, 7) is 0.441. The molecule has 1 rings (SSSR count). The van der Waals surface area contributed by atoms with Gasteiger partial charge in [-0.1, -0.05) is 0 Å². The third-order valence-corrected chi connectivity index (χ3v) is 2.51. The molecular formula is C10H15N3O5. The van der Waals surface area contributed by atoms with E-state index in [9.17, 15) is 25.5 Å². The highest BCUT2D eigenvalue weighted by molar-refractivity contribution is 5.37. The van der Waals surface area contributed by atoms with E-state index in [1.54, 1.807) is 7.05 Å². The third kappa shape index (κ3) is 3.36. The number of rotatable bonds is 6. The second kappa shape index (κ2) is 6.24. The molecule has 3 N–H and O–H groups in total. The van der Waals surface area contributed by atoms with Crippen LogP contribution in [0.2, 0.25) is 0 Å². The summed E-state index contributed by atoms with van der Waals surface area (Å²) in [6, 6.07) is 0.996. The molecule has 0 aliphatic heterocycles. The molecule has 0 fully saturated rings. The number of aliphatic hydroxyl groups is 2. The smallest absolute Gasteiger partial charge is 0.287 e. The van der Waals surface area contributed by atoms with E-state index in [1.165, 1.54) is 0 Å². The lowest BCUT2D eigenvalue weighted by Crippen LogP contribution is -2.29. The molecule has 0 saturated heterocycles. The Morgan fingerprint density at radius 1 is 1.56 bits per heavy atom. The van der Waals surface area contributed by atoms with Gasteiger partial charge in [0.2, 0.25) is 0 Å². The van der Waals surface area contributed by atoms with E-state index < -0.39 is 22.8 Å². The minimum absolute atomic E-state index is 0.193. The third-order valence-electron chi connectivity index (χ3n) is 2.51. The molecule has 0 radical (unpaired) electrons. The quantitative estimate of drug-likeness (QED) is 0.266. The summed E-state index contributed by atoms with van der Waals surface area (Å²) < 4.78 is 0.344. The van der Waals surface area contributed by atoms with Crippen LogP contribution in [-0.4, -0.2) is 34.8 Å². The number of nitro groups is 1. The lowest BCUT2D eigenvalue weighted by Gasteiger charge is -2.17. The molecular weight excluding hydrogens is 242 g/mol. The first-order valence-electron chi connectivity index (χ1n) is 5.35. The number of aliphatic hydroxyl groups excluding tert-OH is 2. The molecule has 1 heterocycles. The summed E-state index contributed by atoms with van der Waals surface area (Å²) in [7, 11) is 1.68. The van der Waals surface area contributed by atoms with Crippen molar-refractivity contribution in [2.45, 2.75) is 18.6 Å². The second-order valence-corrected chi connectivity index (χ2v) is 3.81. The molecule has 1 aromatic rings. The SMILES string of the molecule is CNCCC(O)C(O)c1c[n+]([O-])ccc1[N+](=O)[O-]. The van der Waals surface area contributed by atoms with E-state index >= 15 is 0 Å². The van der Waals surface area contributed by atoms with Crippen LogP contribution in [0.4, 0.5) is 5.69 Å². The van der Waals surface area contributed by atoms with E-state index in [0.717, 1.165) is 18.5 Å². The Morgan fingerprint density at radius 3 is 2.78 bits per heavy atom. The van der Waals surface area contributed by atoms with Crippen LogP contribution in [-0.2, 0) is 0 Å². The van der Waals surface area contributed by atoms with Gasteiger partial charge in [-0.3, -0.25) is 10.1 Å². The number of pyridine rings is 1. The molecule has 0 saturated carbocycles. The molecule has 0 amide bonds. The van der Waals surface area contributed by atoms with Gasteiger partial charge >= 0.3 is 0 Å². The van der Waals surface area contributed by atoms with Gasteiger partial charge in [-0.15, -0.1) is 0 Å². The molecule has 18 heavy (non-hydrogen) atoms. The summed E-state index contributed by atoms with van der Waals surface area (Å²) >= 11 is 0. The van der Waals surface area contributed by atoms with Crippen LogP contribution in [0.25, 0.3) is 0 Å². The maximum absolute atomic E-state index is 11.1. The van der Waals surface area contributed by atoms with Crippen molar-refractivity contribution in [3.63, 3.8) is 0 Å². The number of hydrogen-bond acceptors (Lipinski definition) is 6. The van der Waals surface area contributed by atoms with Crippen molar-refractivity contribution in [2.75, 3.05) is 13.6 Å². The Labute approximate surface area is 103 Å². The van der Waals surface area contributed by atoms with Gasteiger partial charge in [0.05, 0.1) is 17.1 Å². The van der Waals surface area contributed by atoms with Gasteiger partial charge in [0.1, 0.15) is 11.7 Å². The Kier molecular flexibility index (Phi) is 4.95. The molecule has 2 atom stereocenters. The van der Waals surface area contributed by atoms with Crippen LogP contribution in [0, 0.1) is 15.3 Å². The van der Waals surface area contributed by atoms with Crippen LogP contribution in [0.5, 0.6) is 0 Å². The first-order chi connectivity index (χ1) is 8.47. The van der Waals surface area contributed by atoms with E-state index in [2.05, 4.69) is 5.32 Å². The van der Waals surface area contributed by atoms with Crippen molar-refractivity contribution < 1.29 is 19.9 Å². The van der Waals surface area contributed by atoms with Gasteiger partial charge in [-0.25, -0.2) is 0 Å². The zero-order valence-electron chi connectivity index (χ0n) is 9.81. The topological polar surface area (TPSA) is 123 Å². The molecule has 8 nitrogen and oxygen atoms in total. The highest BCUT2D eigenvalue weighted by atomic mass is 16.6. The summed E-state index contributed by atoms with van der Waals surface area (Å²) in [5.74, 6) is 0. The van der Waals surface area contributed by atoms with Crippen LogP contribution >= 0.6 is 0 Å². The highest BCUT2D eigenvalue weighted by Gasteiger charge is 2.28. The Hall–Kier alpha value is -1.77. The Morgan fingerprint density at radius 2 is 2.22 bits per heavy atom. The lowest BCUT2D eigenvalue weighted by atomic mass is 10.0. The monoisotopic (exact) mass is 257 g/mol. The van der Waals surface area contributed by atoms with Crippen LogP contribution in [0.3, 0.4) is 0 Å². The normalized spacial score (nSPS) is 14.2. The fourth-order valence-electron chi connectivity index (χ4n) is 1.54. The van der Waals surface area contributed by atoms with Crippen LogP contribution in [0.1, 0.15) is 18.1 Å². The predicted molar refractivity (Wildman–Crippen MR) is 61.6 cm³/mol. The van der Waals surface area contributed by atoms with Gasteiger partial charge in [0, 0.05) is 0 Å². The number of nitrogens with zero attached hydrogens (tertiary/aromatic N) is 2. The Bertz CT molecular complexity index is 426.